The number of hydrogen-bond acceptors (Lipinski definition) is 7. The Kier molecular flexibility index (Phi) is 5.95. The van der Waals surface area contributed by atoms with Crippen molar-refractivity contribution in [2.45, 2.75) is 26.4 Å². The van der Waals surface area contributed by atoms with Gasteiger partial charge in [0.05, 0.1) is 24.3 Å². The van der Waals surface area contributed by atoms with Gasteiger partial charge in [-0.25, -0.2) is 28.8 Å². The molecule has 5 rings (SSSR count). The molecular formula is C26H28FN7O2. The molecular weight excluding hydrogens is 461 g/mol. The zero-order valence-corrected chi connectivity index (χ0v) is 20.5. The first-order valence-corrected chi connectivity index (χ1v) is 11.8. The van der Waals surface area contributed by atoms with E-state index in [-0.39, 0.29) is 11.9 Å². The Morgan fingerprint density at radius 2 is 1.81 bits per heavy atom. The predicted octanol–water partition coefficient (Wildman–Crippen LogP) is 4.07. The SMILES string of the molecule is CC(C)(C)OC(=O)N1CCN(n2c(-c3cccnc3N)nc3ccc(-c4cccc(F)c4)nc32)CC1. The summed E-state index contributed by atoms with van der Waals surface area (Å²) < 4.78 is 21.4. The van der Waals surface area contributed by atoms with E-state index in [0.29, 0.717) is 65.8 Å². The van der Waals surface area contributed by atoms with Crippen molar-refractivity contribution in [3.63, 3.8) is 0 Å². The lowest BCUT2D eigenvalue weighted by Crippen LogP contribution is -2.53. The molecule has 0 radical (unpaired) electrons. The lowest BCUT2D eigenvalue weighted by Gasteiger charge is -2.37. The number of nitrogen functional groups attached to an aromatic ring is 1. The largest absolute Gasteiger partial charge is 0.444 e. The van der Waals surface area contributed by atoms with E-state index < -0.39 is 5.60 Å². The van der Waals surface area contributed by atoms with Crippen molar-refractivity contribution < 1.29 is 13.9 Å². The number of ether oxygens (including phenoxy) is 1. The van der Waals surface area contributed by atoms with E-state index in [9.17, 15) is 9.18 Å². The molecule has 9 nitrogen and oxygen atoms in total. The second-order valence-electron chi connectivity index (χ2n) is 9.65. The molecule has 0 bridgehead atoms. The molecule has 1 aliphatic heterocycles. The molecule has 0 atom stereocenters. The van der Waals surface area contributed by atoms with Gasteiger partial charge in [-0.1, -0.05) is 12.1 Å². The monoisotopic (exact) mass is 489 g/mol. The highest BCUT2D eigenvalue weighted by Gasteiger charge is 2.29. The Morgan fingerprint density at radius 1 is 1.03 bits per heavy atom. The Hall–Kier alpha value is -4.21. The summed E-state index contributed by atoms with van der Waals surface area (Å²) in [6.07, 6.45) is 1.30. The number of nitrogens with two attached hydrogens (primary N) is 1. The molecule has 0 saturated carbocycles. The van der Waals surface area contributed by atoms with E-state index >= 15 is 0 Å². The summed E-state index contributed by atoms with van der Waals surface area (Å²) in [5, 5.41) is 2.08. The van der Waals surface area contributed by atoms with Gasteiger partial charge in [-0.2, -0.15) is 0 Å². The molecule has 4 heterocycles. The van der Waals surface area contributed by atoms with E-state index in [1.807, 2.05) is 49.7 Å². The number of nitrogens with zero attached hydrogens (tertiary/aromatic N) is 6. The van der Waals surface area contributed by atoms with E-state index in [0.717, 1.165) is 0 Å². The van der Waals surface area contributed by atoms with Gasteiger partial charge in [0.15, 0.2) is 11.5 Å². The fourth-order valence-corrected chi connectivity index (χ4v) is 4.21. The molecule has 1 saturated heterocycles. The number of halogens is 1. The average molecular weight is 490 g/mol. The molecule has 4 aromatic rings. The van der Waals surface area contributed by atoms with Crippen molar-refractivity contribution in [2.24, 2.45) is 0 Å². The van der Waals surface area contributed by atoms with Crippen molar-refractivity contribution in [3.05, 3.63) is 60.5 Å². The molecule has 3 aromatic heterocycles. The second kappa shape index (κ2) is 9.10. The van der Waals surface area contributed by atoms with Crippen LogP contribution < -0.4 is 10.7 Å². The van der Waals surface area contributed by atoms with Crippen LogP contribution in [0.4, 0.5) is 15.0 Å². The lowest BCUT2D eigenvalue weighted by atomic mass is 10.1. The van der Waals surface area contributed by atoms with Crippen LogP contribution in [0.5, 0.6) is 0 Å². The van der Waals surface area contributed by atoms with Gasteiger partial charge in [0, 0.05) is 24.8 Å². The van der Waals surface area contributed by atoms with Crippen LogP contribution in [-0.4, -0.2) is 62.4 Å². The molecule has 0 spiro atoms. The van der Waals surface area contributed by atoms with Gasteiger partial charge in [-0.3, -0.25) is 0 Å². The third kappa shape index (κ3) is 4.66. The summed E-state index contributed by atoms with van der Waals surface area (Å²) in [6.45, 7) is 7.56. The topological polar surface area (TPSA) is 102 Å². The molecule has 10 heteroatoms. The summed E-state index contributed by atoms with van der Waals surface area (Å²) in [7, 11) is 0. The van der Waals surface area contributed by atoms with Crippen LogP contribution in [0.2, 0.25) is 0 Å². The van der Waals surface area contributed by atoms with Crippen molar-refractivity contribution in [2.75, 3.05) is 36.9 Å². The van der Waals surface area contributed by atoms with E-state index in [1.54, 1.807) is 23.2 Å². The number of aromatic nitrogens is 4. The van der Waals surface area contributed by atoms with Crippen LogP contribution in [0.25, 0.3) is 33.8 Å². The number of anilines is 1. The van der Waals surface area contributed by atoms with E-state index in [4.69, 9.17) is 20.4 Å². The quantitative estimate of drug-likeness (QED) is 0.463. The molecule has 0 unspecified atom stereocenters. The number of carbonyl (C=O) groups is 1. The number of carbonyl (C=O) groups excluding carboxylic acids is 1. The van der Waals surface area contributed by atoms with Crippen LogP contribution in [0.3, 0.4) is 0 Å². The maximum atomic E-state index is 13.9. The maximum absolute atomic E-state index is 13.9. The van der Waals surface area contributed by atoms with E-state index in [2.05, 4.69) is 9.99 Å². The number of fused-ring (bicyclic) bond motifs is 1. The number of piperazine rings is 1. The first kappa shape index (κ1) is 23.5. The molecule has 1 fully saturated rings. The normalized spacial score (nSPS) is 14.3. The van der Waals surface area contributed by atoms with Crippen molar-refractivity contribution >= 4 is 23.1 Å². The fraction of sp³-hybridized carbons (Fsp3) is 0.308. The highest BCUT2D eigenvalue weighted by molar-refractivity contribution is 5.83. The number of hydrogen-bond donors (Lipinski definition) is 1. The first-order valence-electron chi connectivity index (χ1n) is 11.8. The van der Waals surface area contributed by atoms with E-state index in [1.165, 1.54) is 12.1 Å². The van der Waals surface area contributed by atoms with Crippen LogP contribution in [0.15, 0.2) is 54.7 Å². The maximum Gasteiger partial charge on any atom is 0.410 e. The van der Waals surface area contributed by atoms with Crippen LogP contribution >= 0.6 is 0 Å². The number of benzene rings is 1. The lowest BCUT2D eigenvalue weighted by molar-refractivity contribution is 0.0233. The van der Waals surface area contributed by atoms with Gasteiger partial charge in [0.1, 0.15) is 22.8 Å². The summed E-state index contributed by atoms with van der Waals surface area (Å²) in [5.41, 5.74) is 8.91. The first-order chi connectivity index (χ1) is 17.2. The van der Waals surface area contributed by atoms with Crippen molar-refractivity contribution in [3.8, 4) is 22.6 Å². The fourth-order valence-electron chi connectivity index (χ4n) is 4.21. The van der Waals surface area contributed by atoms with Gasteiger partial charge in [-0.15, -0.1) is 0 Å². The number of imidazole rings is 1. The smallest absolute Gasteiger partial charge is 0.410 e. The Morgan fingerprint density at radius 3 is 2.50 bits per heavy atom. The standard InChI is InChI=1S/C26H28FN7O2/c1-26(2,3)36-25(35)32-12-14-33(15-13-32)34-23(19-8-5-11-29-22(19)28)31-21-10-9-20(30-24(21)34)17-6-4-7-18(27)16-17/h4-11,16H,12-15H2,1-3H3,(H2,28,29). The van der Waals surface area contributed by atoms with Gasteiger partial charge >= 0.3 is 6.09 Å². The molecule has 186 valence electrons. The van der Waals surface area contributed by atoms with Crippen LogP contribution in [-0.2, 0) is 4.74 Å². The predicted molar refractivity (Wildman–Crippen MR) is 136 cm³/mol. The molecule has 36 heavy (non-hydrogen) atoms. The summed E-state index contributed by atoms with van der Waals surface area (Å²) in [4.78, 5) is 28.2. The molecule has 2 N–H and O–H groups in total. The van der Waals surface area contributed by atoms with Gasteiger partial charge < -0.3 is 20.4 Å². The zero-order chi connectivity index (χ0) is 25.4. The van der Waals surface area contributed by atoms with Gasteiger partial charge in [0.25, 0.3) is 0 Å². The van der Waals surface area contributed by atoms with Crippen molar-refractivity contribution in [1.29, 1.82) is 0 Å². The minimum absolute atomic E-state index is 0.329. The third-order valence-corrected chi connectivity index (χ3v) is 5.87. The summed E-state index contributed by atoms with van der Waals surface area (Å²) in [5.74, 6) is 0.627. The minimum atomic E-state index is -0.559. The van der Waals surface area contributed by atoms with Gasteiger partial charge in [-0.05, 0) is 57.2 Å². The van der Waals surface area contributed by atoms with Crippen LogP contribution in [0, 0.1) is 5.82 Å². The highest BCUT2D eigenvalue weighted by atomic mass is 19.1. The highest BCUT2D eigenvalue weighted by Crippen LogP contribution is 2.30. The Labute approximate surface area is 208 Å². The number of rotatable bonds is 3. The molecule has 1 aromatic carbocycles. The number of pyridine rings is 2. The van der Waals surface area contributed by atoms with Crippen molar-refractivity contribution in [1.82, 2.24) is 24.5 Å². The second-order valence-corrected chi connectivity index (χ2v) is 9.65. The summed E-state index contributed by atoms with van der Waals surface area (Å²) in [6, 6.07) is 13.7. The average Bonchev–Trinajstić information content (AvgIpc) is 3.22. The molecule has 1 aliphatic rings. The Bertz CT molecular complexity index is 1420. The third-order valence-electron chi connectivity index (χ3n) is 5.87. The minimum Gasteiger partial charge on any atom is -0.444 e. The molecule has 1 amide bonds. The number of amides is 1. The Balaban J connectivity index is 1.55. The summed E-state index contributed by atoms with van der Waals surface area (Å²) >= 11 is 0. The molecule has 0 aliphatic carbocycles. The zero-order valence-electron chi connectivity index (χ0n) is 20.5. The van der Waals surface area contributed by atoms with Crippen LogP contribution in [0.1, 0.15) is 20.8 Å². The van der Waals surface area contributed by atoms with Gasteiger partial charge in [0.2, 0.25) is 0 Å².